The maximum atomic E-state index is 13.2. The number of hydrogen-bond acceptors (Lipinski definition) is 5. The van der Waals surface area contributed by atoms with Crippen LogP contribution in [0.4, 0.5) is 0 Å². The summed E-state index contributed by atoms with van der Waals surface area (Å²) in [6.07, 6.45) is 4.51. The van der Waals surface area contributed by atoms with Crippen molar-refractivity contribution in [3.63, 3.8) is 0 Å². The molecule has 2 aromatic rings. The Hall–Kier alpha value is -2.31. The van der Waals surface area contributed by atoms with Crippen molar-refractivity contribution >= 4 is 5.91 Å². The maximum Gasteiger partial charge on any atom is 0.260 e. The van der Waals surface area contributed by atoms with E-state index in [2.05, 4.69) is 10.2 Å². The molecule has 3 aliphatic heterocycles. The number of aryl methyl sites for hydroxylation is 1. The van der Waals surface area contributed by atoms with Crippen molar-refractivity contribution in [3.8, 4) is 5.75 Å². The van der Waals surface area contributed by atoms with Crippen molar-refractivity contribution in [2.75, 3.05) is 26.7 Å². The van der Waals surface area contributed by atoms with Gasteiger partial charge in [0.15, 0.2) is 0 Å². The van der Waals surface area contributed by atoms with Crippen LogP contribution in [0, 0.1) is 5.92 Å². The second-order valence-electron chi connectivity index (χ2n) is 7.90. The van der Waals surface area contributed by atoms with Crippen molar-refractivity contribution < 1.29 is 19.1 Å². The van der Waals surface area contributed by atoms with Crippen molar-refractivity contribution in [2.24, 2.45) is 5.92 Å². The molecule has 1 aromatic heterocycles. The molecule has 6 heteroatoms. The predicted molar refractivity (Wildman–Crippen MR) is 105 cm³/mol. The first-order valence-electron chi connectivity index (χ1n) is 10.0. The molecule has 0 spiro atoms. The van der Waals surface area contributed by atoms with Gasteiger partial charge in [-0.3, -0.25) is 4.79 Å². The number of amides is 1. The van der Waals surface area contributed by atoms with Crippen LogP contribution in [0.3, 0.4) is 0 Å². The van der Waals surface area contributed by atoms with Crippen LogP contribution in [0.5, 0.6) is 5.75 Å². The van der Waals surface area contributed by atoms with E-state index in [-0.39, 0.29) is 18.4 Å². The summed E-state index contributed by atoms with van der Waals surface area (Å²) in [5.41, 5.74) is -0.656. The molecule has 3 fully saturated rings. The normalized spacial score (nSPS) is 25.9. The second kappa shape index (κ2) is 7.97. The molecule has 0 radical (unpaired) electrons. The van der Waals surface area contributed by atoms with Gasteiger partial charge >= 0.3 is 0 Å². The van der Waals surface area contributed by atoms with Crippen LogP contribution in [0.25, 0.3) is 0 Å². The quantitative estimate of drug-likeness (QED) is 0.766. The van der Waals surface area contributed by atoms with Crippen molar-refractivity contribution in [1.29, 1.82) is 0 Å². The van der Waals surface area contributed by atoms with Gasteiger partial charge in [-0.1, -0.05) is 12.1 Å². The molecule has 1 aromatic carbocycles. The lowest BCUT2D eigenvalue weighted by Gasteiger charge is -2.45. The minimum absolute atomic E-state index is 0.0949. The van der Waals surface area contributed by atoms with E-state index in [0.717, 1.165) is 43.8 Å². The van der Waals surface area contributed by atoms with Gasteiger partial charge in [0.05, 0.1) is 13.4 Å². The Kier molecular flexibility index (Phi) is 5.42. The fourth-order valence-electron chi connectivity index (χ4n) is 4.40. The first kappa shape index (κ1) is 19.0. The largest absolute Gasteiger partial charge is 0.497 e. The Bertz CT molecular complexity index is 781. The fraction of sp³-hybridized carbons (Fsp3) is 0.500. The van der Waals surface area contributed by atoms with Gasteiger partial charge in [-0.15, -0.1) is 0 Å². The number of ether oxygens (including phenoxy) is 1. The van der Waals surface area contributed by atoms with Crippen molar-refractivity contribution in [1.82, 2.24) is 10.2 Å². The third kappa shape index (κ3) is 3.80. The lowest BCUT2D eigenvalue weighted by Crippen LogP contribution is -2.60. The fourth-order valence-corrected chi connectivity index (χ4v) is 4.40. The smallest absolute Gasteiger partial charge is 0.260 e. The molecule has 28 heavy (non-hydrogen) atoms. The highest BCUT2D eigenvalue weighted by Gasteiger charge is 2.43. The summed E-state index contributed by atoms with van der Waals surface area (Å²) in [5, 5.41) is 14.5. The summed E-state index contributed by atoms with van der Waals surface area (Å²) < 4.78 is 10.6. The number of carbonyl (C=O) groups is 1. The van der Waals surface area contributed by atoms with E-state index in [1.807, 2.05) is 24.3 Å². The minimum atomic E-state index is -1.69. The minimum Gasteiger partial charge on any atom is -0.497 e. The molecule has 2 atom stereocenters. The van der Waals surface area contributed by atoms with Gasteiger partial charge in [-0.2, -0.15) is 0 Å². The SMILES string of the molecule is COc1ccc(CCC(O)(C(=O)NC2CN3CCC2CC3)c2ccco2)cc1. The standard InChI is InChI=1S/C22H28N2O4/c1-27-18-6-4-16(5-7-18)8-11-22(26,20-3-2-14-28-20)21(25)23-19-15-24-12-9-17(19)10-13-24/h2-7,14,17,19,26H,8-13,15H2,1H3,(H,23,25). The lowest BCUT2D eigenvalue weighted by atomic mass is 9.83. The molecule has 6 nitrogen and oxygen atoms in total. The molecule has 3 aliphatic rings. The molecule has 2 bridgehead atoms. The number of piperidine rings is 3. The Balaban J connectivity index is 1.48. The molecule has 0 aliphatic carbocycles. The van der Waals surface area contributed by atoms with Gasteiger partial charge in [0.25, 0.3) is 5.91 Å². The average Bonchev–Trinajstić information content (AvgIpc) is 3.29. The highest BCUT2D eigenvalue weighted by molar-refractivity contribution is 5.86. The highest BCUT2D eigenvalue weighted by Crippen LogP contribution is 2.31. The first-order valence-corrected chi connectivity index (χ1v) is 10.0. The summed E-state index contributed by atoms with van der Waals surface area (Å²) in [5.74, 6) is 1.20. The van der Waals surface area contributed by atoms with Crippen LogP contribution in [0.1, 0.15) is 30.6 Å². The number of rotatable bonds is 7. The number of methoxy groups -OCH3 is 1. The molecule has 3 saturated heterocycles. The number of furan rings is 1. The summed E-state index contributed by atoms with van der Waals surface area (Å²) in [6, 6.07) is 11.1. The third-order valence-electron chi connectivity index (χ3n) is 6.21. The van der Waals surface area contributed by atoms with Gasteiger partial charge in [-0.05, 0) is 74.5 Å². The van der Waals surface area contributed by atoms with Gasteiger partial charge < -0.3 is 24.5 Å². The summed E-state index contributed by atoms with van der Waals surface area (Å²) in [4.78, 5) is 15.6. The molecule has 2 N–H and O–H groups in total. The Morgan fingerprint density at radius 1 is 1.29 bits per heavy atom. The van der Waals surface area contributed by atoms with Crippen LogP contribution < -0.4 is 10.1 Å². The molecular weight excluding hydrogens is 356 g/mol. The summed E-state index contributed by atoms with van der Waals surface area (Å²) >= 11 is 0. The second-order valence-corrected chi connectivity index (χ2v) is 7.90. The predicted octanol–water partition coefficient (Wildman–Crippen LogP) is 2.32. The average molecular weight is 384 g/mol. The highest BCUT2D eigenvalue weighted by atomic mass is 16.5. The Morgan fingerprint density at radius 2 is 2.04 bits per heavy atom. The summed E-state index contributed by atoms with van der Waals surface area (Å²) in [7, 11) is 1.63. The van der Waals surface area contributed by atoms with Crippen LogP contribution in [0.2, 0.25) is 0 Å². The number of carbonyl (C=O) groups excluding carboxylic acids is 1. The number of benzene rings is 1. The zero-order chi connectivity index (χ0) is 19.6. The molecule has 150 valence electrons. The van der Waals surface area contributed by atoms with Gasteiger partial charge in [0.1, 0.15) is 11.5 Å². The third-order valence-corrected chi connectivity index (χ3v) is 6.21. The van der Waals surface area contributed by atoms with Crippen LogP contribution in [-0.4, -0.2) is 48.7 Å². The zero-order valence-corrected chi connectivity index (χ0v) is 16.3. The maximum absolute atomic E-state index is 13.2. The van der Waals surface area contributed by atoms with E-state index in [9.17, 15) is 9.90 Å². The summed E-state index contributed by atoms with van der Waals surface area (Å²) in [6.45, 7) is 3.08. The number of nitrogens with one attached hydrogen (secondary N) is 1. The number of aliphatic hydroxyl groups is 1. The van der Waals surface area contributed by atoms with Crippen molar-refractivity contribution in [3.05, 3.63) is 54.0 Å². The topological polar surface area (TPSA) is 74.9 Å². The van der Waals surface area contributed by atoms with E-state index < -0.39 is 5.60 Å². The van der Waals surface area contributed by atoms with E-state index in [1.54, 1.807) is 19.2 Å². The van der Waals surface area contributed by atoms with E-state index in [1.165, 1.54) is 6.26 Å². The zero-order valence-electron chi connectivity index (χ0n) is 16.3. The van der Waals surface area contributed by atoms with Gasteiger partial charge in [0.2, 0.25) is 5.60 Å². The van der Waals surface area contributed by atoms with Crippen LogP contribution in [0.15, 0.2) is 47.1 Å². The number of fused-ring (bicyclic) bond motifs is 3. The molecule has 0 saturated carbocycles. The molecule has 1 amide bonds. The van der Waals surface area contributed by atoms with E-state index >= 15 is 0 Å². The molecule has 2 unspecified atom stereocenters. The number of nitrogens with zero attached hydrogens (tertiary/aromatic N) is 1. The Morgan fingerprint density at radius 3 is 2.61 bits per heavy atom. The molecular formula is C22H28N2O4. The van der Waals surface area contributed by atoms with Crippen LogP contribution >= 0.6 is 0 Å². The van der Waals surface area contributed by atoms with Gasteiger partial charge in [-0.25, -0.2) is 0 Å². The van der Waals surface area contributed by atoms with E-state index in [0.29, 0.717) is 18.1 Å². The van der Waals surface area contributed by atoms with Crippen LogP contribution in [-0.2, 0) is 16.8 Å². The Labute approximate surface area is 165 Å². The first-order chi connectivity index (χ1) is 13.6. The molecule has 5 rings (SSSR count). The lowest BCUT2D eigenvalue weighted by molar-refractivity contribution is -0.145. The monoisotopic (exact) mass is 384 g/mol. The number of hydrogen-bond donors (Lipinski definition) is 2. The molecule has 4 heterocycles. The van der Waals surface area contributed by atoms with Gasteiger partial charge in [0, 0.05) is 12.6 Å². The van der Waals surface area contributed by atoms with Crippen molar-refractivity contribution in [2.45, 2.75) is 37.3 Å². The van der Waals surface area contributed by atoms with E-state index in [4.69, 9.17) is 9.15 Å².